The fourth-order valence-electron chi connectivity index (χ4n) is 3.40. The van der Waals surface area contributed by atoms with E-state index in [1.807, 2.05) is 6.92 Å². The molecular weight excluding hydrogens is 458 g/mol. The fraction of sp³-hybridized carbons (Fsp3) is 0.583. The second kappa shape index (κ2) is 15.2. The number of esters is 1. The van der Waals surface area contributed by atoms with Crippen LogP contribution in [0.5, 0.6) is 5.75 Å². The van der Waals surface area contributed by atoms with Crippen molar-refractivity contribution in [2.75, 3.05) is 39.5 Å². The number of nitrogens with one attached hydrogen (secondary N) is 2. The maximum absolute atomic E-state index is 12.7. The minimum absolute atomic E-state index is 0.0863. The van der Waals surface area contributed by atoms with Crippen LogP contribution in [0.3, 0.4) is 0 Å². The Morgan fingerprint density at radius 3 is 2.59 bits per heavy atom. The van der Waals surface area contributed by atoms with Crippen molar-refractivity contribution >= 4 is 35.1 Å². The Hall–Kier alpha value is -2.72. The Balaban J connectivity index is 1.88. The van der Waals surface area contributed by atoms with Gasteiger partial charge in [-0.15, -0.1) is 0 Å². The van der Waals surface area contributed by atoms with Gasteiger partial charge in [-0.05, 0) is 49.8 Å². The number of carbonyl (C=O) groups excluding carboxylic acids is 3. The fourth-order valence-corrected chi connectivity index (χ4v) is 3.71. The third-order valence-corrected chi connectivity index (χ3v) is 5.59. The lowest BCUT2D eigenvalue weighted by atomic mass is 10.1. The van der Waals surface area contributed by atoms with Crippen LogP contribution in [0.15, 0.2) is 24.3 Å². The van der Waals surface area contributed by atoms with Gasteiger partial charge < -0.3 is 24.4 Å². The van der Waals surface area contributed by atoms with Gasteiger partial charge in [0.1, 0.15) is 18.4 Å². The van der Waals surface area contributed by atoms with E-state index >= 15 is 0 Å². The zero-order valence-corrected chi connectivity index (χ0v) is 20.8. The van der Waals surface area contributed by atoms with Gasteiger partial charge in [-0.25, -0.2) is 0 Å². The van der Waals surface area contributed by atoms with Gasteiger partial charge in [0.2, 0.25) is 5.91 Å². The molecule has 1 atom stereocenters. The molecule has 9 nitrogen and oxygen atoms in total. The Bertz CT molecular complexity index is 817. The van der Waals surface area contributed by atoms with E-state index < -0.39 is 17.9 Å². The Labute approximate surface area is 206 Å². The van der Waals surface area contributed by atoms with Crippen molar-refractivity contribution in [3.63, 3.8) is 0 Å². The summed E-state index contributed by atoms with van der Waals surface area (Å²) in [5, 5.41) is 5.47. The highest BCUT2D eigenvalue weighted by Crippen LogP contribution is 2.14. The summed E-state index contributed by atoms with van der Waals surface area (Å²) in [5.41, 5.74) is 0.411. The summed E-state index contributed by atoms with van der Waals surface area (Å²) in [6.07, 6.45) is 4.31. The number of unbranched alkanes of at least 4 members (excludes halogenated alkanes) is 3. The molecule has 1 aliphatic heterocycles. The Morgan fingerprint density at radius 1 is 1.12 bits per heavy atom. The van der Waals surface area contributed by atoms with Crippen LogP contribution in [-0.4, -0.2) is 73.4 Å². The molecule has 1 unspecified atom stereocenters. The molecule has 0 aliphatic carbocycles. The average molecular weight is 494 g/mol. The predicted molar refractivity (Wildman–Crippen MR) is 132 cm³/mol. The highest BCUT2D eigenvalue weighted by atomic mass is 32.1. The van der Waals surface area contributed by atoms with Gasteiger partial charge in [0.15, 0.2) is 5.11 Å². The van der Waals surface area contributed by atoms with Crippen molar-refractivity contribution < 1.29 is 28.6 Å². The van der Waals surface area contributed by atoms with Crippen LogP contribution >= 0.6 is 12.2 Å². The first-order chi connectivity index (χ1) is 16.5. The van der Waals surface area contributed by atoms with E-state index in [1.165, 1.54) is 12.8 Å². The molecular formula is C24H35N3O6S. The topological polar surface area (TPSA) is 106 Å². The number of hydrogen-bond acceptors (Lipinski definition) is 7. The molecule has 0 radical (unpaired) electrons. The SMILES string of the molecule is CCCCCCOc1ccc(C(=O)NC(=S)N2CCNC(=O)C2CC(=O)OCCOCC)cc1. The van der Waals surface area contributed by atoms with Crippen LogP contribution < -0.4 is 15.4 Å². The van der Waals surface area contributed by atoms with Crippen molar-refractivity contribution in [1.29, 1.82) is 0 Å². The monoisotopic (exact) mass is 493 g/mol. The number of piperazine rings is 1. The molecule has 10 heteroatoms. The number of ether oxygens (including phenoxy) is 3. The largest absolute Gasteiger partial charge is 0.494 e. The predicted octanol–water partition coefficient (Wildman–Crippen LogP) is 2.43. The molecule has 0 bridgehead atoms. The third-order valence-electron chi connectivity index (χ3n) is 5.25. The average Bonchev–Trinajstić information content (AvgIpc) is 2.83. The summed E-state index contributed by atoms with van der Waals surface area (Å²) < 4.78 is 16.0. The number of nitrogens with zero attached hydrogens (tertiary/aromatic N) is 1. The summed E-state index contributed by atoms with van der Waals surface area (Å²) in [5.74, 6) is -0.578. The van der Waals surface area contributed by atoms with Gasteiger partial charge in [0.05, 0.1) is 19.6 Å². The molecule has 1 saturated heterocycles. The molecule has 1 aromatic carbocycles. The summed E-state index contributed by atoms with van der Waals surface area (Å²) >= 11 is 5.39. The van der Waals surface area contributed by atoms with E-state index in [-0.39, 0.29) is 24.0 Å². The van der Waals surface area contributed by atoms with Crippen molar-refractivity contribution in [1.82, 2.24) is 15.5 Å². The number of benzene rings is 1. The van der Waals surface area contributed by atoms with E-state index in [9.17, 15) is 14.4 Å². The zero-order valence-electron chi connectivity index (χ0n) is 20.0. The second-order valence-electron chi connectivity index (χ2n) is 7.81. The van der Waals surface area contributed by atoms with Gasteiger partial charge in [-0.1, -0.05) is 26.2 Å². The van der Waals surface area contributed by atoms with Gasteiger partial charge >= 0.3 is 5.97 Å². The van der Waals surface area contributed by atoms with E-state index in [4.69, 9.17) is 26.4 Å². The van der Waals surface area contributed by atoms with Gasteiger partial charge in [0.25, 0.3) is 5.91 Å². The highest BCUT2D eigenvalue weighted by Gasteiger charge is 2.34. The minimum Gasteiger partial charge on any atom is -0.494 e. The molecule has 2 amide bonds. The molecule has 1 aromatic rings. The first kappa shape index (κ1) is 27.5. The van der Waals surface area contributed by atoms with E-state index in [2.05, 4.69) is 17.6 Å². The van der Waals surface area contributed by atoms with E-state index in [0.717, 1.165) is 12.8 Å². The lowest BCUT2D eigenvalue weighted by Gasteiger charge is -2.36. The van der Waals surface area contributed by atoms with Crippen molar-refractivity contribution in [3.8, 4) is 5.75 Å². The molecule has 34 heavy (non-hydrogen) atoms. The van der Waals surface area contributed by atoms with Crippen LogP contribution in [0, 0.1) is 0 Å². The van der Waals surface area contributed by atoms with Crippen LogP contribution in [0.1, 0.15) is 56.3 Å². The van der Waals surface area contributed by atoms with Crippen molar-refractivity contribution in [2.24, 2.45) is 0 Å². The number of thiocarbonyl (C=S) groups is 1. The molecule has 1 fully saturated rings. The van der Waals surface area contributed by atoms with Crippen LogP contribution in [0.4, 0.5) is 0 Å². The molecule has 2 rings (SSSR count). The normalized spacial score (nSPS) is 15.4. The third kappa shape index (κ3) is 9.26. The maximum atomic E-state index is 12.7. The van der Waals surface area contributed by atoms with Gasteiger partial charge in [-0.2, -0.15) is 0 Å². The molecule has 2 N–H and O–H groups in total. The molecule has 188 valence electrons. The number of rotatable bonds is 13. The second-order valence-corrected chi connectivity index (χ2v) is 8.20. The molecule has 1 aliphatic rings. The number of hydrogen-bond donors (Lipinski definition) is 2. The quantitative estimate of drug-likeness (QED) is 0.245. The number of carbonyl (C=O) groups is 3. The lowest BCUT2D eigenvalue weighted by molar-refractivity contribution is -0.148. The van der Waals surface area contributed by atoms with Crippen LogP contribution in [-0.2, 0) is 19.1 Å². The zero-order chi connectivity index (χ0) is 24.8. The smallest absolute Gasteiger partial charge is 0.308 e. The van der Waals surface area contributed by atoms with E-state index in [1.54, 1.807) is 29.2 Å². The number of amides is 2. The molecule has 0 spiro atoms. The standard InChI is InChI=1S/C24H35N3O6S/c1-3-5-6-7-14-32-19-10-8-18(9-11-19)22(29)26-24(34)27-13-12-25-23(30)20(27)17-21(28)33-16-15-31-4-2/h8-11,20H,3-7,12-17H2,1-2H3,(H,25,30)(H,26,29,34). The summed E-state index contributed by atoms with van der Waals surface area (Å²) in [7, 11) is 0. The van der Waals surface area contributed by atoms with Crippen molar-refractivity contribution in [3.05, 3.63) is 29.8 Å². The summed E-state index contributed by atoms with van der Waals surface area (Å²) in [6, 6.07) is 5.95. The molecule has 1 heterocycles. The first-order valence-electron chi connectivity index (χ1n) is 11.8. The van der Waals surface area contributed by atoms with E-state index in [0.29, 0.717) is 44.2 Å². The Kier molecular flexibility index (Phi) is 12.3. The maximum Gasteiger partial charge on any atom is 0.308 e. The van der Waals surface area contributed by atoms with Crippen LogP contribution in [0.2, 0.25) is 0 Å². The van der Waals surface area contributed by atoms with Crippen molar-refractivity contribution in [2.45, 2.75) is 52.0 Å². The highest BCUT2D eigenvalue weighted by molar-refractivity contribution is 7.80. The molecule has 0 saturated carbocycles. The first-order valence-corrected chi connectivity index (χ1v) is 12.2. The molecule has 0 aromatic heterocycles. The minimum atomic E-state index is -0.857. The summed E-state index contributed by atoms with van der Waals surface area (Å²) in [6.45, 7) is 6.30. The van der Waals surface area contributed by atoms with Crippen LogP contribution in [0.25, 0.3) is 0 Å². The van der Waals surface area contributed by atoms with Gasteiger partial charge in [-0.3, -0.25) is 19.7 Å². The Morgan fingerprint density at radius 2 is 1.88 bits per heavy atom. The lowest BCUT2D eigenvalue weighted by Crippen LogP contribution is -2.60. The summed E-state index contributed by atoms with van der Waals surface area (Å²) in [4.78, 5) is 38.8. The van der Waals surface area contributed by atoms with Gasteiger partial charge in [0, 0.05) is 25.3 Å².